The predicted octanol–water partition coefficient (Wildman–Crippen LogP) is 1.89. The molecule has 2 aliphatic heterocycles. The van der Waals surface area contributed by atoms with Crippen LogP contribution in [0.3, 0.4) is 0 Å². The fourth-order valence-corrected chi connectivity index (χ4v) is 6.70. The average molecular weight is 538 g/mol. The molecule has 2 saturated heterocycles. The lowest BCUT2D eigenvalue weighted by Gasteiger charge is -2.33. The number of carbonyl (C=O) groups is 1. The van der Waals surface area contributed by atoms with Crippen molar-refractivity contribution in [2.45, 2.75) is 81.5 Å². The summed E-state index contributed by atoms with van der Waals surface area (Å²) in [6, 6.07) is 1.54. The summed E-state index contributed by atoms with van der Waals surface area (Å²) in [7, 11) is -8.39. The van der Waals surface area contributed by atoms with Crippen LogP contribution in [0.5, 0.6) is 0 Å². The van der Waals surface area contributed by atoms with E-state index >= 15 is 0 Å². The molecule has 1 amide bonds. The third kappa shape index (κ3) is 6.41. The normalized spacial score (nSPS) is 21.7. The van der Waals surface area contributed by atoms with Gasteiger partial charge in [-0.05, 0) is 46.0 Å². The van der Waals surface area contributed by atoms with E-state index in [4.69, 9.17) is 18.5 Å². The molecule has 1 aromatic rings. The minimum atomic E-state index is -4.38. The molecule has 200 valence electrons. The van der Waals surface area contributed by atoms with Gasteiger partial charge in [-0.3, -0.25) is 14.7 Å². The summed E-state index contributed by atoms with van der Waals surface area (Å²) in [5, 5.41) is 5.60. The Morgan fingerprint density at radius 2 is 1.83 bits per heavy atom. The Bertz CT molecular complexity index is 1100. The maximum atomic E-state index is 13.2. The number of sulfone groups is 1. The third-order valence-corrected chi connectivity index (χ3v) is 10.6. The quantitative estimate of drug-likeness (QED) is 0.444. The van der Waals surface area contributed by atoms with Crippen LogP contribution in [-0.2, 0) is 39.8 Å². The van der Waals surface area contributed by atoms with Gasteiger partial charge < -0.3 is 14.0 Å². The third-order valence-electron chi connectivity index (χ3n) is 6.63. The van der Waals surface area contributed by atoms with Crippen LogP contribution in [0.4, 0.5) is 5.88 Å². The molecule has 0 spiro atoms. The van der Waals surface area contributed by atoms with Gasteiger partial charge in [-0.1, -0.05) is 19.0 Å². The average Bonchev–Trinajstić information content (AvgIpc) is 3.27. The molecule has 0 aliphatic carbocycles. The first-order valence-corrected chi connectivity index (χ1v) is 14.6. The predicted molar refractivity (Wildman–Crippen MR) is 127 cm³/mol. The Morgan fingerprint density at radius 1 is 1.17 bits per heavy atom. The first kappa shape index (κ1) is 28.0. The lowest BCUT2D eigenvalue weighted by Crippen LogP contribution is -2.52. The topological polar surface area (TPSA) is 165 Å². The molecule has 2 N–H and O–H groups in total. The Hall–Kier alpha value is -1.58. The number of aromatic nitrogens is 1. The van der Waals surface area contributed by atoms with E-state index in [9.17, 15) is 21.6 Å². The van der Waals surface area contributed by atoms with E-state index in [-0.39, 0.29) is 38.1 Å². The first-order chi connectivity index (χ1) is 16.1. The van der Waals surface area contributed by atoms with Crippen LogP contribution >= 0.6 is 0 Å². The van der Waals surface area contributed by atoms with Crippen molar-refractivity contribution in [2.75, 3.05) is 31.6 Å². The van der Waals surface area contributed by atoms with Crippen molar-refractivity contribution in [1.82, 2.24) is 9.46 Å². The fraction of sp³-hybridized carbons (Fsp3) is 0.810. The number of ether oxygens (including phenoxy) is 2. The summed E-state index contributed by atoms with van der Waals surface area (Å²) in [6.07, 6.45) is 2.59. The second-order valence-electron chi connectivity index (χ2n) is 10.2. The van der Waals surface area contributed by atoms with Crippen LogP contribution in [0, 0.1) is 0 Å². The minimum absolute atomic E-state index is 0.0106. The maximum absolute atomic E-state index is 13.2. The minimum Gasteiger partial charge on any atom is -0.353 e. The van der Waals surface area contributed by atoms with E-state index in [1.165, 1.54) is 19.9 Å². The Morgan fingerprint density at radius 3 is 2.40 bits per heavy atom. The second kappa shape index (κ2) is 10.4. The Balaban J connectivity index is 1.62. The second-order valence-corrected chi connectivity index (χ2v) is 14.3. The van der Waals surface area contributed by atoms with Crippen LogP contribution in [0.25, 0.3) is 0 Å². The molecule has 3 rings (SSSR count). The van der Waals surface area contributed by atoms with E-state index in [0.717, 1.165) is 23.6 Å². The van der Waals surface area contributed by atoms with Crippen molar-refractivity contribution in [3.8, 4) is 0 Å². The summed E-state index contributed by atoms with van der Waals surface area (Å²) in [5.41, 5.74) is -0.0162. The van der Waals surface area contributed by atoms with Gasteiger partial charge >= 0.3 is 10.3 Å². The molecule has 1 aromatic heterocycles. The zero-order valence-corrected chi connectivity index (χ0v) is 22.2. The number of nitrogens with one attached hydrogen (secondary N) is 1. The number of amides is 1. The van der Waals surface area contributed by atoms with E-state index in [1.807, 2.05) is 13.8 Å². The molecule has 0 bridgehead atoms. The van der Waals surface area contributed by atoms with E-state index in [0.29, 0.717) is 18.9 Å². The highest BCUT2D eigenvalue weighted by molar-refractivity contribution is 7.94. The van der Waals surface area contributed by atoms with Gasteiger partial charge in [-0.25, -0.2) is 8.42 Å². The summed E-state index contributed by atoms with van der Waals surface area (Å²) >= 11 is 0. The molecule has 0 saturated carbocycles. The van der Waals surface area contributed by atoms with E-state index in [1.54, 1.807) is 0 Å². The van der Waals surface area contributed by atoms with Crippen LogP contribution in [0.15, 0.2) is 10.6 Å². The monoisotopic (exact) mass is 537 g/mol. The van der Waals surface area contributed by atoms with Crippen LogP contribution in [0.2, 0.25) is 0 Å². The standard InChI is InChI=1S/C21H35N3O9S2/c1-20(2,14-32-18-7-5-6-12-31-18)16-13-17(33-23-16)22-19(25)21(3,4)34(26,27)15-8-10-24(11-9-15)35(28,29)30/h13,15,18H,5-12,14H2,1-4H3,(H,22,25)(H,28,29,30). The fourth-order valence-electron chi connectivity index (χ4n) is 4.05. The summed E-state index contributed by atoms with van der Waals surface area (Å²) < 4.78 is 73.9. The number of rotatable bonds is 9. The molecule has 3 heterocycles. The highest BCUT2D eigenvalue weighted by atomic mass is 32.2. The number of hydrogen-bond acceptors (Lipinski definition) is 9. The van der Waals surface area contributed by atoms with Crippen molar-refractivity contribution >= 4 is 31.9 Å². The lowest BCUT2D eigenvalue weighted by atomic mass is 9.90. The molecule has 14 heteroatoms. The van der Waals surface area contributed by atoms with Crippen molar-refractivity contribution in [3.63, 3.8) is 0 Å². The zero-order valence-electron chi connectivity index (χ0n) is 20.5. The summed E-state index contributed by atoms with van der Waals surface area (Å²) in [6.45, 7) is 7.12. The number of nitrogens with zero attached hydrogens (tertiary/aromatic N) is 2. The van der Waals surface area contributed by atoms with Crippen molar-refractivity contribution in [3.05, 3.63) is 11.8 Å². The molecule has 2 fully saturated rings. The molecular formula is C21H35N3O9S2. The molecule has 12 nitrogen and oxygen atoms in total. The number of anilines is 1. The SMILES string of the molecule is CC(C)(COC1CCCCO1)c1cc(NC(=O)C(C)(C)S(=O)(=O)C2CCN(S(=O)(=O)O)CC2)on1. The van der Waals surface area contributed by atoms with Gasteiger partial charge in [0.1, 0.15) is 4.75 Å². The Kier molecular flexibility index (Phi) is 8.34. The van der Waals surface area contributed by atoms with E-state index < -0.39 is 41.5 Å². The summed E-state index contributed by atoms with van der Waals surface area (Å²) in [4.78, 5) is 13.0. The summed E-state index contributed by atoms with van der Waals surface area (Å²) in [5.74, 6) is -0.779. The number of hydrogen-bond donors (Lipinski definition) is 2. The zero-order chi connectivity index (χ0) is 26.1. The Labute approximate surface area is 206 Å². The maximum Gasteiger partial charge on any atom is 0.335 e. The molecule has 1 atom stereocenters. The van der Waals surface area contributed by atoms with Gasteiger partial charge in [-0.2, -0.15) is 12.7 Å². The molecule has 2 aliphatic rings. The highest BCUT2D eigenvalue weighted by Gasteiger charge is 2.48. The van der Waals surface area contributed by atoms with Gasteiger partial charge in [0.25, 0.3) is 0 Å². The number of piperidine rings is 1. The van der Waals surface area contributed by atoms with Gasteiger partial charge in [0.15, 0.2) is 16.1 Å². The van der Waals surface area contributed by atoms with E-state index in [2.05, 4.69) is 10.5 Å². The van der Waals surface area contributed by atoms with Gasteiger partial charge in [0.05, 0.1) is 17.6 Å². The molecule has 0 radical (unpaired) electrons. The smallest absolute Gasteiger partial charge is 0.335 e. The van der Waals surface area contributed by atoms with Crippen molar-refractivity contribution in [1.29, 1.82) is 0 Å². The van der Waals surface area contributed by atoms with Crippen molar-refractivity contribution in [2.24, 2.45) is 0 Å². The van der Waals surface area contributed by atoms with Gasteiger partial charge in [0, 0.05) is 31.2 Å². The van der Waals surface area contributed by atoms with Crippen LogP contribution in [0.1, 0.15) is 65.5 Å². The molecule has 1 unspecified atom stereocenters. The molecule has 0 aromatic carbocycles. The van der Waals surface area contributed by atoms with Gasteiger partial charge in [-0.15, -0.1) is 0 Å². The molecule has 35 heavy (non-hydrogen) atoms. The lowest BCUT2D eigenvalue weighted by molar-refractivity contribution is -0.170. The largest absolute Gasteiger partial charge is 0.353 e. The first-order valence-electron chi connectivity index (χ1n) is 11.6. The molecular weight excluding hydrogens is 502 g/mol. The van der Waals surface area contributed by atoms with Gasteiger partial charge in [0.2, 0.25) is 11.8 Å². The van der Waals surface area contributed by atoms with Crippen LogP contribution < -0.4 is 5.32 Å². The van der Waals surface area contributed by atoms with Crippen molar-refractivity contribution < 1.29 is 40.2 Å². The van der Waals surface area contributed by atoms with Crippen LogP contribution in [-0.4, -0.2) is 79.3 Å². The highest BCUT2D eigenvalue weighted by Crippen LogP contribution is 2.31. The number of carbonyl (C=O) groups excluding carboxylic acids is 1.